The number of anilines is 1. The van der Waals surface area contributed by atoms with E-state index in [-0.39, 0.29) is 5.91 Å². The molecule has 1 aliphatic rings. The van der Waals surface area contributed by atoms with Gasteiger partial charge >= 0.3 is 0 Å². The minimum atomic E-state index is -0.0575. The van der Waals surface area contributed by atoms with E-state index in [1.165, 1.54) is 5.69 Å². The molecule has 4 rings (SSSR count). The number of piperazine rings is 1. The topological polar surface area (TPSA) is 69.8 Å². The summed E-state index contributed by atoms with van der Waals surface area (Å²) in [6.45, 7) is 6.34. The SMILES string of the molecule is COCCNC(=O)c1[nH]c2ccccc2c1CCCCN1CCN(c2ccc(OC)cc2)CC1. The molecular formula is C27H36N4O3. The number of nitrogens with zero attached hydrogens (tertiary/aromatic N) is 2. The Kier molecular flexibility index (Phi) is 8.44. The lowest BCUT2D eigenvalue weighted by molar-refractivity contribution is 0.0932. The fourth-order valence-electron chi connectivity index (χ4n) is 4.67. The van der Waals surface area contributed by atoms with E-state index in [0.29, 0.717) is 18.8 Å². The van der Waals surface area contributed by atoms with Gasteiger partial charge in [-0.05, 0) is 61.7 Å². The normalized spacial score (nSPS) is 14.5. The van der Waals surface area contributed by atoms with Crippen molar-refractivity contribution in [2.45, 2.75) is 19.3 Å². The van der Waals surface area contributed by atoms with Crippen LogP contribution in [-0.2, 0) is 11.2 Å². The van der Waals surface area contributed by atoms with Crippen LogP contribution in [0.2, 0.25) is 0 Å². The van der Waals surface area contributed by atoms with E-state index in [2.05, 4.69) is 38.3 Å². The maximum absolute atomic E-state index is 12.8. The number of hydrogen-bond donors (Lipinski definition) is 2. The zero-order valence-corrected chi connectivity index (χ0v) is 20.3. The Balaban J connectivity index is 1.27. The third-order valence-corrected chi connectivity index (χ3v) is 6.59. The van der Waals surface area contributed by atoms with Crippen molar-refractivity contribution in [3.05, 3.63) is 59.8 Å². The number of unbranched alkanes of at least 4 members (excludes halogenated alkanes) is 1. The maximum Gasteiger partial charge on any atom is 0.268 e. The highest BCUT2D eigenvalue weighted by molar-refractivity contribution is 6.01. The van der Waals surface area contributed by atoms with Gasteiger partial charge < -0.3 is 24.7 Å². The number of nitrogens with one attached hydrogen (secondary N) is 2. The number of carbonyl (C=O) groups is 1. The van der Waals surface area contributed by atoms with Crippen LogP contribution in [-0.4, -0.2) is 75.9 Å². The summed E-state index contributed by atoms with van der Waals surface area (Å²) in [4.78, 5) is 21.1. The number of carbonyl (C=O) groups excluding carboxylic acids is 1. The Morgan fingerprint density at radius 3 is 2.50 bits per heavy atom. The van der Waals surface area contributed by atoms with Crippen LogP contribution in [0, 0.1) is 0 Å². The summed E-state index contributed by atoms with van der Waals surface area (Å²) in [6.07, 6.45) is 3.06. The highest BCUT2D eigenvalue weighted by atomic mass is 16.5. The maximum atomic E-state index is 12.8. The van der Waals surface area contributed by atoms with E-state index in [1.807, 2.05) is 30.3 Å². The summed E-state index contributed by atoms with van der Waals surface area (Å²) in [7, 11) is 3.34. The number of benzene rings is 2. The molecule has 0 spiro atoms. The Bertz CT molecular complexity index is 1060. The molecule has 2 N–H and O–H groups in total. The molecule has 1 amide bonds. The second-order valence-electron chi connectivity index (χ2n) is 8.76. The van der Waals surface area contributed by atoms with Gasteiger partial charge in [-0.25, -0.2) is 0 Å². The molecule has 1 aromatic heterocycles. The summed E-state index contributed by atoms with van der Waals surface area (Å²) in [5, 5.41) is 4.10. The van der Waals surface area contributed by atoms with Gasteiger partial charge in [0.15, 0.2) is 0 Å². The van der Waals surface area contributed by atoms with E-state index >= 15 is 0 Å². The molecule has 3 aromatic rings. The van der Waals surface area contributed by atoms with Crippen molar-refractivity contribution in [3.8, 4) is 5.75 Å². The van der Waals surface area contributed by atoms with Crippen molar-refractivity contribution in [2.75, 3.05) is 65.0 Å². The number of fused-ring (bicyclic) bond motifs is 1. The van der Waals surface area contributed by atoms with Crippen molar-refractivity contribution in [3.63, 3.8) is 0 Å². The Morgan fingerprint density at radius 1 is 1.00 bits per heavy atom. The van der Waals surface area contributed by atoms with Gasteiger partial charge in [-0.15, -0.1) is 0 Å². The van der Waals surface area contributed by atoms with E-state index in [4.69, 9.17) is 9.47 Å². The smallest absolute Gasteiger partial charge is 0.268 e. The number of aromatic nitrogens is 1. The molecule has 182 valence electrons. The second kappa shape index (κ2) is 11.9. The number of ether oxygens (including phenoxy) is 2. The molecule has 0 aliphatic carbocycles. The number of rotatable bonds is 11. The van der Waals surface area contributed by atoms with Gasteiger partial charge in [0.05, 0.1) is 13.7 Å². The summed E-state index contributed by atoms with van der Waals surface area (Å²) < 4.78 is 10.3. The molecule has 2 aromatic carbocycles. The minimum Gasteiger partial charge on any atom is -0.497 e. The zero-order chi connectivity index (χ0) is 23.8. The van der Waals surface area contributed by atoms with E-state index in [0.717, 1.165) is 74.2 Å². The summed E-state index contributed by atoms with van der Waals surface area (Å²) >= 11 is 0. The Morgan fingerprint density at radius 2 is 1.76 bits per heavy atom. The monoisotopic (exact) mass is 464 g/mol. The van der Waals surface area contributed by atoms with Gasteiger partial charge in [0.2, 0.25) is 0 Å². The quantitative estimate of drug-likeness (QED) is 0.424. The van der Waals surface area contributed by atoms with Crippen molar-refractivity contribution < 1.29 is 14.3 Å². The van der Waals surface area contributed by atoms with Crippen LogP contribution in [0.4, 0.5) is 5.69 Å². The molecule has 1 saturated heterocycles. The third kappa shape index (κ3) is 5.90. The standard InChI is InChI=1S/C27H36N4O3/c1-33-20-14-28-27(32)26-24(23-7-3-4-9-25(23)29-26)8-5-6-15-30-16-18-31(19-17-30)21-10-12-22(34-2)13-11-21/h3-4,7,9-13,29H,5-6,8,14-20H2,1-2H3,(H,28,32). The number of hydrogen-bond acceptors (Lipinski definition) is 5. The Labute approximate surface area is 202 Å². The lowest BCUT2D eigenvalue weighted by Gasteiger charge is -2.36. The summed E-state index contributed by atoms with van der Waals surface area (Å²) in [6, 6.07) is 16.5. The van der Waals surface area contributed by atoms with Crippen molar-refractivity contribution >= 4 is 22.5 Å². The fourth-order valence-corrected chi connectivity index (χ4v) is 4.67. The van der Waals surface area contributed by atoms with Crippen molar-refractivity contribution in [1.29, 1.82) is 0 Å². The predicted octanol–water partition coefficient (Wildman–Crippen LogP) is 3.70. The molecule has 0 radical (unpaired) electrons. The largest absolute Gasteiger partial charge is 0.497 e. The van der Waals surface area contributed by atoms with Gasteiger partial charge in [-0.3, -0.25) is 9.69 Å². The molecule has 0 saturated carbocycles. The second-order valence-corrected chi connectivity index (χ2v) is 8.76. The van der Waals surface area contributed by atoms with E-state index < -0.39 is 0 Å². The van der Waals surface area contributed by atoms with Crippen LogP contribution in [0.25, 0.3) is 10.9 Å². The molecule has 0 bridgehead atoms. The molecule has 7 heteroatoms. The van der Waals surface area contributed by atoms with Gasteiger partial charge in [-0.2, -0.15) is 0 Å². The van der Waals surface area contributed by atoms with Crippen LogP contribution < -0.4 is 15.0 Å². The molecular weight excluding hydrogens is 428 g/mol. The number of aryl methyl sites for hydroxylation is 1. The number of aromatic amines is 1. The van der Waals surface area contributed by atoms with E-state index in [1.54, 1.807) is 14.2 Å². The highest BCUT2D eigenvalue weighted by Gasteiger charge is 2.19. The van der Waals surface area contributed by atoms with Crippen LogP contribution in [0.15, 0.2) is 48.5 Å². The van der Waals surface area contributed by atoms with Crippen molar-refractivity contribution in [2.24, 2.45) is 0 Å². The van der Waals surface area contributed by atoms with Crippen molar-refractivity contribution in [1.82, 2.24) is 15.2 Å². The van der Waals surface area contributed by atoms with Crippen LogP contribution in [0.1, 0.15) is 28.9 Å². The number of methoxy groups -OCH3 is 2. The predicted molar refractivity (Wildman–Crippen MR) is 137 cm³/mol. The summed E-state index contributed by atoms with van der Waals surface area (Å²) in [5.74, 6) is 0.839. The van der Waals surface area contributed by atoms with Crippen LogP contribution in [0.3, 0.4) is 0 Å². The van der Waals surface area contributed by atoms with Crippen LogP contribution >= 0.6 is 0 Å². The molecule has 2 heterocycles. The van der Waals surface area contributed by atoms with Gasteiger partial charge in [0.1, 0.15) is 11.4 Å². The molecule has 34 heavy (non-hydrogen) atoms. The zero-order valence-electron chi connectivity index (χ0n) is 20.3. The van der Waals surface area contributed by atoms with E-state index in [9.17, 15) is 4.79 Å². The lowest BCUT2D eigenvalue weighted by Crippen LogP contribution is -2.46. The van der Waals surface area contributed by atoms with Gasteiger partial charge in [0.25, 0.3) is 5.91 Å². The minimum absolute atomic E-state index is 0.0575. The lowest BCUT2D eigenvalue weighted by atomic mass is 10.0. The fraction of sp³-hybridized carbons (Fsp3) is 0.444. The molecule has 0 atom stereocenters. The first-order chi connectivity index (χ1) is 16.7. The molecule has 0 unspecified atom stereocenters. The highest BCUT2D eigenvalue weighted by Crippen LogP contribution is 2.25. The average molecular weight is 465 g/mol. The Hall–Kier alpha value is -3.03. The average Bonchev–Trinajstić information content (AvgIpc) is 3.26. The molecule has 1 aliphatic heterocycles. The first-order valence-electron chi connectivity index (χ1n) is 12.2. The van der Waals surface area contributed by atoms with Crippen LogP contribution in [0.5, 0.6) is 5.75 Å². The summed E-state index contributed by atoms with van der Waals surface area (Å²) in [5.41, 5.74) is 4.08. The number of amides is 1. The van der Waals surface area contributed by atoms with Gasteiger partial charge in [0, 0.05) is 56.4 Å². The first kappa shape index (κ1) is 24.1. The third-order valence-electron chi connectivity index (χ3n) is 6.59. The van der Waals surface area contributed by atoms with Gasteiger partial charge in [-0.1, -0.05) is 18.2 Å². The number of H-pyrrole nitrogens is 1. The number of para-hydroxylation sites is 1. The molecule has 7 nitrogen and oxygen atoms in total. The first-order valence-corrected chi connectivity index (χ1v) is 12.2. The molecule has 1 fully saturated rings.